The highest BCUT2D eigenvalue weighted by Crippen LogP contribution is 2.19. The Morgan fingerprint density at radius 3 is 2.65 bits per heavy atom. The number of benzene rings is 2. The van der Waals surface area contributed by atoms with E-state index in [9.17, 15) is 14.0 Å². The van der Waals surface area contributed by atoms with Crippen molar-refractivity contribution in [2.24, 2.45) is 0 Å². The van der Waals surface area contributed by atoms with Crippen molar-refractivity contribution < 1.29 is 14.0 Å². The molecule has 118 valence electrons. The van der Waals surface area contributed by atoms with Crippen LogP contribution in [-0.4, -0.2) is 25.0 Å². The minimum absolute atomic E-state index is 0.105. The standard InChI is InChI=1S/C17H16FN3O2/c18-13-3-1-2-12(10-13)11-16(22)20-14-4-6-15(7-5-14)21-9-8-19-17(21)23/h1-7,10H,8-9,11H2,(H,19,23)(H,20,22). The Hall–Kier alpha value is -2.89. The summed E-state index contributed by atoms with van der Waals surface area (Å²) in [4.78, 5) is 25.2. The van der Waals surface area contributed by atoms with Gasteiger partial charge in [-0.3, -0.25) is 9.69 Å². The fourth-order valence-corrected chi connectivity index (χ4v) is 2.48. The minimum Gasteiger partial charge on any atom is -0.336 e. The van der Waals surface area contributed by atoms with E-state index in [1.807, 2.05) is 0 Å². The zero-order chi connectivity index (χ0) is 16.2. The molecule has 0 radical (unpaired) electrons. The van der Waals surface area contributed by atoms with E-state index in [4.69, 9.17) is 0 Å². The molecule has 0 aliphatic carbocycles. The topological polar surface area (TPSA) is 61.4 Å². The van der Waals surface area contributed by atoms with Crippen molar-refractivity contribution in [3.05, 3.63) is 59.9 Å². The third-order valence-corrected chi connectivity index (χ3v) is 3.57. The van der Waals surface area contributed by atoms with E-state index in [2.05, 4.69) is 10.6 Å². The van der Waals surface area contributed by atoms with Crippen LogP contribution in [0.1, 0.15) is 5.56 Å². The zero-order valence-corrected chi connectivity index (χ0v) is 12.4. The number of hydrogen-bond donors (Lipinski definition) is 2. The average molecular weight is 313 g/mol. The first-order chi connectivity index (χ1) is 11.1. The van der Waals surface area contributed by atoms with Crippen molar-refractivity contribution in [3.63, 3.8) is 0 Å². The molecule has 23 heavy (non-hydrogen) atoms. The van der Waals surface area contributed by atoms with Crippen LogP contribution in [-0.2, 0) is 11.2 Å². The summed E-state index contributed by atoms with van der Waals surface area (Å²) in [6.45, 7) is 1.26. The minimum atomic E-state index is -0.358. The monoisotopic (exact) mass is 313 g/mol. The fourth-order valence-electron chi connectivity index (χ4n) is 2.48. The molecule has 0 atom stereocenters. The van der Waals surface area contributed by atoms with E-state index in [1.165, 1.54) is 12.1 Å². The summed E-state index contributed by atoms with van der Waals surface area (Å²) in [7, 11) is 0. The molecule has 0 unspecified atom stereocenters. The molecule has 1 aliphatic rings. The number of carbonyl (C=O) groups excluding carboxylic acids is 2. The number of amides is 3. The van der Waals surface area contributed by atoms with Crippen LogP contribution < -0.4 is 15.5 Å². The van der Waals surface area contributed by atoms with E-state index in [1.54, 1.807) is 41.3 Å². The van der Waals surface area contributed by atoms with E-state index >= 15 is 0 Å². The van der Waals surface area contributed by atoms with Crippen molar-refractivity contribution in [2.45, 2.75) is 6.42 Å². The molecule has 1 heterocycles. The first-order valence-electron chi connectivity index (χ1n) is 7.31. The first kappa shape index (κ1) is 15.0. The maximum absolute atomic E-state index is 13.1. The molecule has 3 amide bonds. The van der Waals surface area contributed by atoms with Gasteiger partial charge in [0.2, 0.25) is 5.91 Å². The molecule has 1 fully saturated rings. The quantitative estimate of drug-likeness (QED) is 0.911. The maximum atomic E-state index is 13.1. The van der Waals surface area contributed by atoms with Crippen LogP contribution in [0.3, 0.4) is 0 Å². The summed E-state index contributed by atoms with van der Waals surface area (Å²) in [5.74, 6) is -0.578. The van der Waals surface area contributed by atoms with Crippen molar-refractivity contribution in [1.29, 1.82) is 0 Å². The van der Waals surface area contributed by atoms with Crippen LogP contribution in [0.4, 0.5) is 20.6 Å². The second kappa shape index (κ2) is 6.48. The number of hydrogen-bond acceptors (Lipinski definition) is 2. The molecule has 0 bridgehead atoms. The number of anilines is 2. The number of urea groups is 1. The highest BCUT2D eigenvalue weighted by molar-refractivity contribution is 5.95. The Bertz CT molecular complexity index is 731. The van der Waals surface area contributed by atoms with Crippen LogP contribution in [0.2, 0.25) is 0 Å². The lowest BCUT2D eigenvalue weighted by molar-refractivity contribution is -0.115. The van der Waals surface area contributed by atoms with E-state index in [-0.39, 0.29) is 24.2 Å². The normalized spacial score (nSPS) is 13.8. The van der Waals surface area contributed by atoms with Crippen molar-refractivity contribution in [3.8, 4) is 0 Å². The molecule has 0 spiro atoms. The Morgan fingerprint density at radius 2 is 2.00 bits per heavy atom. The SMILES string of the molecule is O=C(Cc1cccc(F)c1)Nc1ccc(N2CCNC2=O)cc1. The molecule has 0 aromatic heterocycles. The van der Waals surface area contributed by atoms with Crippen molar-refractivity contribution in [2.75, 3.05) is 23.3 Å². The average Bonchev–Trinajstić information content (AvgIpc) is 2.94. The third-order valence-electron chi connectivity index (χ3n) is 3.57. The number of carbonyl (C=O) groups is 2. The number of rotatable bonds is 4. The van der Waals surface area contributed by atoms with Gasteiger partial charge in [0, 0.05) is 24.5 Å². The van der Waals surface area contributed by atoms with Gasteiger partial charge in [-0.1, -0.05) is 12.1 Å². The van der Waals surface area contributed by atoms with E-state index < -0.39 is 0 Å². The lowest BCUT2D eigenvalue weighted by Crippen LogP contribution is -2.27. The van der Waals surface area contributed by atoms with Crippen LogP contribution in [0.5, 0.6) is 0 Å². The summed E-state index contributed by atoms with van der Waals surface area (Å²) < 4.78 is 13.1. The molecule has 2 aromatic carbocycles. The molecule has 2 N–H and O–H groups in total. The Labute approximate surface area is 133 Å². The van der Waals surface area contributed by atoms with Crippen LogP contribution in [0.15, 0.2) is 48.5 Å². The van der Waals surface area contributed by atoms with Gasteiger partial charge < -0.3 is 10.6 Å². The number of nitrogens with one attached hydrogen (secondary N) is 2. The molecular formula is C17H16FN3O2. The highest BCUT2D eigenvalue weighted by atomic mass is 19.1. The molecule has 1 saturated heterocycles. The Morgan fingerprint density at radius 1 is 1.22 bits per heavy atom. The summed E-state index contributed by atoms with van der Waals surface area (Å²) in [5, 5.41) is 5.49. The molecule has 0 saturated carbocycles. The smallest absolute Gasteiger partial charge is 0.321 e. The summed E-state index contributed by atoms with van der Waals surface area (Å²) in [6.07, 6.45) is 0.105. The van der Waals surface area contributed by atoms with Gasteiger partial charge in [-0.15, -0.1) is 0 Å². The van der Waals surface area contributed by atoms with Gasteiger partial charge in [0.1, 0.15) is 5.82 Å². The molecule has 1 aliphatic heterocycles. The van der Waals surface area contributed by atoms with Gasteiger partial charge in [-0.2, -0.15) is 0 Å². The predicted octanol–water partition coefficient (Wildman–Crippen LogP) is 2.54. The maximum Gasteiger partial charge on any atom is 0.321 e. The second-order valence-electron chi connectivity index (χ2n) is 5.29. The Kier molecular flexibility index (Phi) is 4.23. The van der Waals surface area contributed by atoms with Crippen molar-refractivity contribution in [1.82, 2.24) is 5.32 Å². The fraction of sp³-hybridized carbons (Fsp3) is 0.176. The van der Waals surface area contributed by atoms with E-state index in [0.29, 0.717) is 24.3 Å². The number of halogens is 1. The lowest BCUT2D eigenvalue weighted by Gasteiger charge is -2.14. The molecule has 5 nitrogen and oxygen atoms in total. The molecule has 6 heteroatoms. The van der Waals surface area contributed by atoms with Crippen LogP contribution in [0, 0.1) is 5.82 Å². The van der Waals surface area contributed by atoms with Crippen LogP contribution >= 0.6 is 0 Å². The molecule has 3 rings (SSSR count). The van der Waals surface area contributed by atoms with Crippen LogP contribution in [0.25, 0.3) is 0 Å². The van der Waals surface area contributed by atoms with Gasteiger partial charge in [0.25, 0.3) is 0 Å². The molecular weight excluding hydrogens is 297 g/mol. The third kappa shape index (κ3) is 3.66. The largest absolute Gasteiger partial charge is 0.336 e. The van der Waals surface area contributed by atoms with Gasteiger partial charge >= 0.3 is 6.03 Å². The van der Waals surface area contributed by atoms with E-state index in [0.717, 1.165) is 5.69 Å². The lowest BCUT2D eigenvalue weighted by atomic mass is 10.1. The number of nitrogens with zero attached hydrogens (tertiary/aromatic N) is 1. The zero-order valence-electron chi connectivity index (χ0n) is 12.4. The van der Waals surface area contributed by atoms with Gasteiger partial charge in [-0.25, -0.2) is 9.18 Å². The Balaban J connectivity index is 1.61. The second-order valence-corrected chi connectivity index (χ2v) is 5.29. The van der Waals surface area contributed by atoms with Gasteiger partial charge in [-0.05, 0) is 42.0 Å². The summed E-state index contributed by atoms with van der Waals surface area (Å²) >= 11 is 0. The van der Waals surface area contributed by atoms with Gasteiger partial charge in [0.15, 0.2) is 0 Å². The highest BCUT2D eigenvalue weighted by Gasteiger charge is 2.20. The summed E-state index contributed by atoms with van der Waals surface area (Å²) in [5.41, 5.74) is 2.03. The molecule has 2 aromatic rings. The first-order valence-corrected chi connectivity index (χ1v) is 7.31. The predicted molar refractivity (Wildman–Crippen MR) is 85.9 cm³/mol. The van der Waals surface area contributed by atoms with Crippen molar-refractivity contribution >= 4 is 23.3 Å². The summed E-state index contributed by atoms with van der Waals surface area (Å²) in [6, 6.07) is 12.9. The van der Waals surface area contributed by atoms with Gasteiger partial charge in [0.05, 0.1) is 6.42 Å².